The van der Waals surface area contributed by atoms with E-state index in [-0.39, 0.29) is 6.29 Å². The zero-order chi connectivity index (χ0) is 12.0. The number of methoxy groups -OCH3 is 3. The molecular formula is C11H16BrNO3. The highest BCUT2D eigenvalue weighted by Gasteiger charge is 2.07. The lowest BCUT2D eigenvalue weighted by molar-refractivity contribution is -0.0914. The van der Waals surface area contributed by atoms with Gasteiger partial charge in [0.25, 0.3) is 0 Å². The van der Waals surface area contributed by atoms with Crippen molar-refractivity contribution < 1.29 is 14.2 Å². The molecule has 0 radical (unpaired) electrons. The highest BCUT2D eigenvalue weighted by Crippen LogP contribution is 2.27. The lowest BCUT2D eigenvalue weighted by atomic mass is 10.3. The number of nitrogens with one attached hydrogen (secondary N) is 1. The van der Waals surface area contributed by atoms with E-state index in [2.05, 4.69) is 21.2 Å². The number of rotatable bonds is 6. The molecule has 0 aliphatic carbocycles. The summed E-state index contributed by atoms with van der Waals surface area (Å²) in [5, 5.41) is 3.20. The lowest BCUT2D eigenvalue weighted by Gasteiger charge is -2.16. The number of ether oxygens (including phenoxy) is 3. The molecule has 0 unspecified atom stereocenters. The summed E-state index contributed by atoms with van der Waals surface area (Å²) in [6.07, 6.45) is -0.274. The van der Waals surface area contributed by atoms with Gasteiger partial charge in [0.05, 0.1) is 19.3 Å². The predicted octanol–water partition coefficient (Wildman–Crippen LogP) is 2.49. The summed E-state index contributed by atoms with van der Waals surface area (Å²) in [5.41, 5.74) is 0.899. The van der Waals surface area contributed by atoms with Gasteiger partial charge < -0.3 is 19.5 Å². The quantitative estimate of drug-likeness (QED) is 0.817. The molecule has 16 heavy (non-hydrogen) atoms. The van der Waals surface area contributed by atoms with Crippen LogP contribution in [0.3, 0.4) is 0 Å². The first-order valence-electron chi connectivity index (χ1n) is 4.84. The van der Waals surface area contributed by atoms with Gasteiger partial charge in [-0.05, 0) is 18.2 Å². The molecule has 5 heteroatoms. The topological polar surface area (TPSA) is 39.7 Å². The SMILES string of the molecule is COc1ccc(Br)cc1NCC(OC)OC. The fraction of sp³-hybridized carbons (Fsp3) is 0.455. The molecule has 1 rings (SSSR count). The Balaban J connectivity index is 2.68. The maximum Gasteiger partial charge on any atom is 0.173 e. The molecule has 0 saturated carbocycles. The largest absolute Gasteiger partial charge is 0.495 e. The van der Waals surface area contributed by atoms with Gasteiger partial charge in [0.15, 0.2) is 6.29 Å². The molecule has 0 aliphatic rings. The van der Waals surface area contributed by atoms with E-state index in [0.717, 1.165) is 15.9 Å². The van der Waals surface area contributed by atoms with Crippen LogP contribution >= 0.6 is 15.9 Å². The summed E-state index contributed by atoms with van der Waals surface area (Å²) in [7, 11) is 4.85. The summed E-state index contributed by atoms with van der Waals surface area (Å²) < 4.78 is 16.4. The van der Waals surface area contributed by atoms with E-state index in [0.29, 0.717) is 6.54 Å². The van der Waals surface area contributed by atoms with Crippen molar-refractivity contribution in [2.45, 2.75) is 6.29 Å². The van der Waals surface area contributed by atoms with Crippen molar-refractivity contribution in [2.24, 2.45) is 0 Å². The van der Waals surface area contributed by atoms with E-state index < -0.39 is 0 Å². The Labute approximate surface area is 104 Å². The van der Waals surface area contributed by atoms with Gasteiger partial charge in [0.2, 0.25) is 0 Å². The summed E-state index contributed by atoms with van der Waals surface area (Å²) in [5.74, 6) is 0.786. The maximum absolute atomic E-state index is 5.23. The van der Waals surface area contributed by atoms with E-state index >= 15 is 0 Å². The monoisotopic (exact) mass is 289 g/mol. The average Bonchev–Trinajstić information content (AvgIpc) is 2.30. The van der Waals surface area contributed by atoms with Gasteiger partial charge in [-0.25, -0.2) is 0 Å². The zero-order valence-corrected chi connectivity index (χ0v) is 11.2. The Kier molecular flexibility index (Phi) is 5.59. The minimum Gasteiger partial charge on any atom is -0.495 e. The molecular weight excluding hydrogens is 274 g/mol. The normalized spacial score (nSPS) is 10.6. The number of halogens is 1. The van der Waals surface area contributed by atoms with Crippen molar-refractivity contribution in [2.75, 3.05) is 33.2 Å². The predicted molar refractivity (Wildman–Crippen MR) is 67.0 cm³/mol. The molecule has 90 valence electrons. The van der Waals surface area contributed by atoms with Crippen molar-refractivity contribution in [3.05, 3.63) is 22.7 Å². The zero-order valence-electron chi connectivity index (χ0n) is 9.62. The molecule has 0 atom stereocenters. The maximum atomic E-state index is 5.23. The Hall–Kier alpha value is -0.780. The Bertz CT molecular complexity index is 329. The summed E-state index contributed by atoms with van der Waals surface area (Å²) in [6.45, 7) is 0.555. The Morgan fingerprint density at radius 1 is 1.25 bits per heavy atom. The third-order valence-electron chi connectivity index (χ3n) is 2.15. The summed E-state index contributed by atoms with van der Waals surface area (Å²) in [6, 6.07) is 5.76. The first-order chi connectivity index (χ1) is 7.71. The molecule has 0 fully saturated rings. The second-order valence-electron chi connectivity index (χ2n) is 3.13. The first-order valence-corrected chi connectivity index (χ1v) is 5.63. The minimum absolute atomic E-state index is 0.274. The van der Waals surface area contributed by atoms with Crippen molar-refractivity contribution in [1.82, 2.24) is 0 Å². The van der Waals surface area contributed by atoms with Gasteiger partial charge in [0.1, 0.15) is 5.75 Å². The Morgan fingerprint density at radius 3 is 2.50 bits per heavy atom. The fourth-order valence-corrected chi connectivity index (χ4v) is 1.64. The molecule has 1 aromatic rings. The van der Waals surface area contributed by atoms with Crippen molar-refractivity contribution in [1.29, 1.82) is 0 Å². The molecule has 1 N–H and O–H groups in total. The number of anilines is 1. The van der Waals surface area contributed by atoms with Crippen LogP contribution in [0.2, 0.25) is 0 Å². The number of benzene rings is 1. The molecule has 1 aromatic carbocycles. The van der Waals surface area contributed by atoms with Gasteiger partial charge in [0, 0.05) is 18.7 Å². The molecule has 0 aromatic heterocycles. The summed E-state index contributed by atoms with van der Waals surface area (Å²) in [4.78, 5) is 0. The molecule has 4 nitrogen and oxygen atoms in total. The number of hydrogen-bond donors (Lipinski definition) is 1. The van der Waals surface area contributed by atoms with Gasteiger partial charge >= 0.3 is 0 Å². The van der Waals surface area contributed by atoms with Crippen LogP contribution in [0.15, 0.2) is 22.7 Å². The second kappa shape index (κ2) is 6.73. The standard InChI is InChI=1S/C11H16BrNO3/c1-14-10-5-4-8(12)6-9(10)13-7-11(15-2)16-3/h4-6,11,13H,7H2,1-3H3. The fourth-order valence-electron chi connectivity index (χ4n) is 1.27. The van der Waals surface area contributed by atoms with E-state index in [1.807, 2.05) is 18.2 Å². The first kappa shape index (κ1) is 13.3. The van der Waals surface area contributed by atoms with Crippen LogP contribution in [0, 0.1) is 0 Å². The average molecular weight is 290 g/mol. The van der Waals surface area contributed by atoms with Crippen LogP contribution < -0.4 is 10.1 Å². The van der Waals surface area contributed by atoms with Gasteiger partial charge in [-0.3, -0.25) is 0 Å². The van der Waals surface area contributed by atoms with Crippen LogP contribution in [-0.4, -0.2) is 34.2 Å². The van der Waals surface area contributed by atoms with Crippen LogP contribution in [0.4, 0.5) is 5.69 Å². The van der Waals surface area contributed by atoms with Crippen LogP contribution in [0.5, 0.6) is 5.75 Å². The van der Waals surface area contributed by atoms with Crippen molar-refractivity contribution in [3.8, 4) is 5.75 Å². The van der Waals surface area contributed by atoms with Gasteiger partial charge in [-0.1, -0.05) is 15.9 Å². The van der Waals surface area contributed by atoms with Crippen molar-refractivity contribution >= 4 is 21.6 Å². The lowest BCUT2D eigenvalue weighted by Crippen LogP contribution is -2.23. The molecule has 0 heterocycles. The summed E-state index contributed by atoms with van der Waals surface area (Å²) >= 11 is 3.41. The molecule has 0 bridgehead atoms. The molecule has 0 amide bonds. The third-order valence-corrected chi connectivity index (χ3v) is 2.64. The Morgan fingerprint density at radius 2 is 1.94 bits per heavy atom. The van der Waals surface area contributed by atoms with Crippen molar-refractivity contribution in [3.63, 3.8) is 0 Å². The highest BCUT2D eigenvalue weighted by molar-refractivity contribution is 9.10. The van der Waals surface area contributed by atoms with Gasteiger partial charge in [-0.15, -0.1) is 0 Å². The third kappa shape index (κ3) is 3.66. The van der Waals surface area contributed by atoms with E-state index in [4.69, 9.17) is 14.2 Å². The van der Waals surface area contributed by atoms with Crippen LogP contribution in [0.25, 0.3) is 0 Å². The number of hydrogen-bond acceptors (Lipinski definition) is 4. The van der Waals surface area contributed by atoms with Crippen LogP contribution in [0.1, 0.15) is 0 Å². The van der Waals surface area contributed by atoms with E-state index in [1.54, 1.807) is 21.3 Å². The highest BCUT2D eigenvalue weighted by atomic mass is 79.9. The minimum atomic E-state index is -0.274. The smallest absolute Gasteiger partial charge is 0.173 e. The van der Waals surface area contributed by atoms with E-state index in [9.17, 15) is 0 Å². The molecule has 0 saturated heterocycles. The molecule has 0 spiro atoms. The van der Waals surface area contributed by atoms with Gasteiger partial charge in [-0.2, -0.15) is 0 Å². The van der Waals surface area contributed by atoms with E-state index in [1.165, 1.54) is 0 Å². The molecule has 0 aliphatic heterocycles. The van der Waals surface area contributed by atoms with Crippen LogP contribution in [-0.2, 0) is 9.47 Å². The second-order valence-corrected chi connectivity index (χ2v) is 4.04.